The van der Waals surface area contributed by atoms with E-state index in [0.717, 1.165) is 0 Å². The van der Waals surface area contributed by atoms with Crippen LogP contribution in [0.1, 0.15) is 12.8 Å². The molecule has 5 nitrogen and oxygen atoms in total. The van der Waals surface area contributed by atoms with Gasteiger partial charge in [0.05, 0.1) is 12.8 Å². The fourth-order valence-electron chi connectivity index (χ4n) is 1.52. The number of ether oxygens (including phenoxy) is 1. The standard InChI is InChI=1S/C14H19FN2O3S/c1-20-14(19)11(16)6-8-21-9-7-13(18)17-12-5-3-2-4-10(12)15/h2-5,11H,6-9,16H2,1H3,(H,17,18). The molecule has 1 atom stereocenters. The van der Waals surface area contributed by atoms with Gasteiger partial charge in [0.25, 0.3) is 0 Å². The van der Waals surface area contributed by atoms with Crippen molar-refractivity contribution in [3.63, 3.8) is 0 Å². The van der Waals surface area contributed by atoms with E-state index >= 15 is 0 Å². The lowest BCUT2D eigenvalue weighted by Gasteiger charge is -2.09. The van der Waals surface area contributed by atoms with Crippen LogP contribution >= 0.6 is 11.8 Å². The Balaban J connectivity index is 2.17. The Labute approximate surface area is 127 Å². The molecule has 1 aromatic carbocycles. The van der Waals surface area contributed by atoms with Gasteiger partial charge < -0.3 is 15.8 Å². The summed E-state index contributed by atoms with van der Waals surface area (Å²) in [5.74, 6) is 0.0950. The fraction of sp³-hybridized carbons (Fsp3) is 0.429. The van der Waals surface area contributed by atoms with Crippen molar-refractivity contribution in [3.8, 4) is 0 Å². The summed E-state index contributed by atoms with van der Waals surface area (Å²) in [5, 5.41) is 2.51. The predicted molar refractivity (Wildman–Crippen MR) is 81.6 cm³/mol. The third-order valence-corrected chi connectivity index (χ3v) is 3.72. The lowest BCUT2D eigenvalue weighted by molar-refractivity contribution is -0.142. The SMILES string of the molecule is COC(=O)C(N)CCSCCC(=O)Nc1ccccc1F. The Morgan fingerprint density at radius 1 is 1.38 bits per heavy atom. The summed E-state index contributed by atoms with van der Waals surface area (Å²) in [4.78, 5) is 22.7. The number of methoxy groups -OCH3 is 1. The van der Waals surface area contributed by atoms with Crippen LogP contribution in [0.25, 0.3) is 0 Å². The molecule has 0 aromatic heterocycles. The number of carbonyl (C=O) groups is 2. The molecule has 21 heavy (non-hydrogen) atoms. The highest BCUT2D eigenvalue weighted by molar-refractivity contribution is 7.99. The molecular formula is C14H19FN2O3S. The number of halogens is 1. The molecule has 1 rings (SSSR count). The van der Waals surface area contributed by atoms with Crippen LogP contribution in [-0.4, -0.2) is 36.5 Å². The molecule has 116 valence electrons. The van der Waals surface area contributed by atoms with E-state index in [1.807, 2.05) is 0 Å². The molecule has 0 bridgehead atoms. The van der Waals surface area contributed by atoms with Crippen molar-refractivity contribution >= 4 is 29.3 Å². The van der Waals surface area contributed by atoms with E-state index < -0.39 is 17.8 Å². The van der Waals surface area contributed by atoms with Crippen LogP contribution in [0.4, 0.5) is 10.1 Å². The number of hydrogen-bond acceptors (Lipinski definition) is 5. The average Bonchev–Trinajstić information content (AvgIpc) is 2.48. The summed E-state index contributed by atoms with van der Waals surface area (Å²) < 4.78 is 17.8. The smallest absolute Gasteiger partial charge is 0.322 e. The lowest BCUT2D eigenvalue weighted by Crippen LogP contribution is -2.32. The van der Waals surface area contributed by atoms with Gasteiger partial charge in [-0.05, 0) is 24.3 Å². The predicted octanol–water partition coefficient (Wildman–Crippen LogP) is 1.78. The molecule has 0 heterocycles. The minimum atomic E-state index is -0.630. The van der Waals surface area contributed by atoms with Crippen LogP contribution in [0, 0.1) is 5.82 Å². The zero-order chi connectivity index (χ0) is 15.7. The Morgan fingerprint density at radius 2 is 2.10 bits per heavy atom. The number of rotatable bonds is 8. The molecule has 0 aliphatic carbocycles. The van der Waals surface area contributed by atoms with Crippen molar-refractivity contribution in [2.45, 2.75) is 18.9 Å². The van der Waals surface area contributed by atoms with Crippen LogP contribution < -0.4 is 11.1 Å². The summed E-state index contributed by atoms with van der Waals surface area (Å²) in [7, 11) is 1.29. The maximum Gasteiger partial charge on any atom is 0.322 e. The van der Waals surface area contributed by atoms with Gasteiger partial charge in [0.2, 0.25) is 5.91 Å². The van der Waals surface area contributed by atoms with Gasteiger partial charge in [0.1, 0.15) is 11.9 Å². The van der Waals surface area contributed by atoms with Crippen molar-refractivity contribution in [1.29, 1.82) is 0 Å². The Bertz CT molecular complexity index is 485. The summed E-state index contributed by atoms with van der Waals surface area (Å²) in [6.45, 7) is 0. The fourth-order valence-corrected chi connectivity index (χ4v) is 2.48. The number of benzene rings is 1. The number of para-hydroxylation sites is 1. The van der Waals surface area contributed by atoms with Crippen LogP contribution in [0.3, 0.4) is 0 Å². The highest BCUT2D eigenvalue weighted by atomic mass is 32.2. The molecule has 0 fully saturated rings. The van der Waals surface area contributed by atoms with Gasteiger partial charge in [0, 0.05) is 12.2 Å². The maximum atomic E-state index is 13.3. The van der Waals surface area contributed by atoms with E-state index in [0.29, 0.717) is 17.9 Å². The van der Waals surface area contributed by atoms with Crippen molar-refractivity contribution in [2.24, 2.45) is 5.73 Å². The quantitative estimate of drug-likeness (QED) is 0.564. The second kappa shape index (κ2) is 9.36. The topological polar surface area (TPSA) is 81.4 Å². The molecule has 0 saturated carbocycles. The van der Waals surface area contributed by atoms with E-state index in [4.69, 9.17) is 5.73 Å². The Hall–Kier alpha value is -1.60. The van der Waals surface area contributed by atoms with Crippen molar-refractivity contribution in [1.82, 2.24) is 0 Å². The molecule has 0 spiro atoms. The van der Waals surface area contributed by atoms with Crippen LogP contribution in [0.5, 0.6) is 0 Å². The van der Waals surface area contributed by atoms with Gasteiger partial charge in [-0.3, -0.25) is 9.59 Å². The molecular weight excluding hydrogens is 295 g/mol. The first kappa shape index (κ1) is 17.5. The molecule has 1 amide bonds. The summed E-state index contributed by atoms with van der Waals surface area (Å²) in [6.07, 6.45) is 0.763. The number of amides is 1. The highest BCUT2D eigenvalue weighted by Gasteiger charge is 2.13. The third-order valence-electron chi connectivity index (χ3n) is 2.70. The molecule has 0 radical (unpaired) electrons. The van der Waals surface area contributed by atoms with Crippen molar-refractivity contribution in [2.75, 3.05) is 23.9 Å². The second-order valence-electron chi connectivity index (χ2n) is 4.31. The summed E-state index contributed by atoms with van der Waals surface area (Å²) in [6, 6.07) is 5.39. The van der Waals surface area contributed by atoms with E-state index in [1.54, 1.807) is 12.1 Å². The highest BCUT2D eigenvalue weighted by Crippen LogP contribution is 2.13. The molecule has 0 aliphatic rings. The van der Waals surface area contributed by atoms with Gasteiger partial charge in [-0.2, -0.15) is 11.8 Å². The number of carbonyl (C=O) groups excluding carboxylic acids is 2. The van der Waals surface area contributed by atoms with Crippen molar-refractivity contribution in [3.05, 3.63) is 30.1 Å². The Kier molecular flexibility index (Phi) is 7.78. The average molecular weight is 314 g/mol. The molecule has 1 aromatic rings. The number of esters is 1. The number of hydrogen-bond donors (Lipinski definition) is 2. The molecule has 0 saturated heterocycles. The zero-order valence-corrected chi connectivity index (χ0v) is 12.6. The molecule has 1 unspecified atom stereocenters. The van der Waals surface area contributed by atoms with E-state index in [2.05, 4.69) is 10.1 Å². The third kappa shape index (κ3) is 6.59. The van der Waals surface area contributed by atoms with E-state index in [-0.39, 0.29) is 18.0 Å². The number of anilines is 1. The molecule has 0 aliphatic heterocycles. The monoisotopic (exact) mass is 314 g/mol. The zero-order valence-electron chi connectivity index (χ0n) is 11.8. The summed E-state index contributed by atoms with van der Waals surface area (Å²) in [5.41, 5.74) is 5.76. The number of thioether (sulfide) groups is 1. The minimum Gasteiger partial charge on any atom is -0.468 e. The first-order valence-corrected chi connectivity index (χ1v) is 7.65. The van der Waals surface area contributed by atoms with Gasteiger partial charge >= 0.3 is 5.97 Å². The van der Waals surface area contributed by atoms with Gasteiger partial charge in [0.15, 0.2) is 0 Å². The van der Waals surface area contributed by atoms with Gasteiger partial charge in [-0.15, -0.1) is 0 Å². The van der Waals surface area contributed by atoms with Gasteiger partial charge in [-0.25, -0.2) is 4.39 Å². The first-order chi connectivity index (χ1) is 10.0. The van der Waals surface area contributed by atoms with Gasteiger partial charge in [-0.1, -0.05) is 12.1 Å². The first-order valence-electron chi connectivity index (χ1n) is 6.50. The molecule has 3 N–H and O–H groups in total. The van der Waals surface area contributed by atoms with Crippen LogP contribution in [-0.2, 0) is 14.3 Å². The minimum absolute atomic E-state index is 0.181. The van der Waals surface area contributed by atoms with Crippen molar-refractivity contribution < 1.29 is 18.7 Å². The second-order valence-corrected chi connectivity index (χ2v) is 5.53. The van der Waals surface area contributed by atoms with E-state index in [9.17, 15) is 14.0 Å². The number of nitrogens with two attached hydrogens (primary N) is 1. The van der Waals surface area contributed by atoms with Crippen LogP contribution in [0.15, 0.2) is 24.3 Å². The van der Waals surface area contributed by atoms with Crippen LogP contribution in [0.2, 0.25) is 0 Å². The normalized spacial score (nSPS) is 11.8. The van der Waals surface area contributed by atoms with E-state index in [1.165, 1.54) is 31.0 Å². The lowest BCUT2D eigenvalue weighted by atomic mass is 10.2. The molecule has 7 heteroatoms. The number of nitrogens with one attached hydrogen (secondary N) is 1. The Morgan fingerprint density at radius 3 is 2.76 bits per heavy atom. The maximum absolute atomic E-state index is 13.3. The summed E-state index contributed by atoms with van der Waals surface area (Å²) >= 11 is 1.51. The largest absolute Gasteiger partial charge is 0.468 e.